The summed E-state index contributed by atoms with van der Waals surface area (Å²) in [6.45, 7) is 0. The Morgan fingerprint density at radius 3 is 2.52 bits per heavy atom. The maximum atomic E-state index is 12.0. The average molecular weight is 347 g/mol. The van der Waals surface area contributed by atoms with Crippen LogP contribution in [0.25, 0.3) is 6.08 Å². The molecule has 0 aromatic heterocycles. The third kappa shape index (κ3) is 5.81. The molecule has 4 nitrogen and oxygen atoms in total. The quantitative estimate of drug-likeness (QED) is 0.620. The first-order valence-electron chi connectivity index (χ1n) is 6.79. The number of amides is 2. The number of thioether (sulfide) groups is 1. The minimum absolute atomic E-state index is 0.160. The van der Waals surface area contributed by atoms with Gasteiger partial charge in [-0.15, -0.1) is 11.8 Å². The molecule has 0 atom stereocenters. The number of hydrogen-bond acceptors (Lipinski definition) is 3. The van der Waals surface area contributed by atoms with Crippen LogP contribution in [0.3, 0.4) is 0 Å². The molecule has 0 fully saturated rings. The Bertz CT molecular complexity index is 730. The van der Waals surface area contributed by atoms with Crippen LogP contribution in [-0.4, -0.2) is 17.6 Å². The number of carbonyl (C=O) groups is 2. The van der Waals surface area contributed by atoms with E-state index < -0.39 is 5.91 Å². The van der Waals surface area contributed by atoms with Crippen molar-refractivity contribution in [1.82, 2.24) is 0 Å². The number of primary amides is 1. The molecule has 0 saturated heterocycles. The van der Waals surface area contributed by atoms with E-state index in [2.05, 4.69) is 5.32 Å². The molecule has 2 amide bonds. The monoisotopic (exact) mass is 346 g/mol. The molecule has 2 aromatic rings. The zero-order chi connectivity index (χ0) is 16.7. The molecule has 0 aliphatic heterocycles. The largest absolute Gasteiger partial charge is 0.369 e. The zero-order valence-electron chi connectivity index (χ0n) is 12.2. The summed E-state index contributed by atoms with van der Waals surface area (Å²) in [4.78, 5) is 23.7. The van der Waals surface area contributed by atoms with Crippen molar-refractivity contribution in [2.45, 2.75) is 4.90 Å². The Morgan fingerprint density at radius 1 is 1.13 bits per heavy atom. The predicted octanol–water partition coefficient (Wildman–Crippen LogP) is 3.57. The standard InChI is InChI=1S/C17H15ClN2O2S/c18-13-8-5-12(6-9-13)7-10-17(22)20-14-3-1-2-4-15(14)23-11-16(19)21/h1-10H,11H2,(H2,19,21)(H,20,22)/b10-7+. The lowest BCUT2D eigenvalue weighted by atomic mass is 10.2. The Kier molecular flexibility index (Phi) is 6.26. The van der Waals surface area contributed by atoms with Gasteiger partial charge < -0.3 is 11.1 Å². The van der Waals surface area contributed by atoms with Gasteiger partial charge in [0.15, 0.2) is 0 Å². The first kappa shape index (κ1) is 17.1. The SMILES string of the molecule is NC(=O)CSc1ccccc1NC(=O)/C=C/c1ccc(Cl)cc1. The van der Waals surface area contributed by atoms with Gasteiger partial charge >= 0.3 is 0 Å². The van der Waals surface area contributed by atoms with E-state index in [0.717, 1.165) is 10.5 Å². The Hall–Kier alpha value is -2.24. The fraction of sp³-hybridized carbons (Fsp3) is 0.0588. The summed E-state index contributed by atoms with van der Waals surface area (Å²) in [5.41, 5.74) is 6.67. The topological polar surface area (TPSA) is 72.2 Å². The number of halogens is 1. The molecule has 3 N–H and O–H groups in total. The molecule has 0 aliphatic carbocycles. The number of benzene rings is 2. The summed E-state index contributed by atoms with van der Waals surface area (Å²) in [5, 5.41) is 3.44. The highest BCUT2D eigenvalue weighted by atomic mass is 35.5. The molecule has 23 heavy (non-hydrogen) atoms. The molecule has 6 heteroatoms. The summed E-state index contributed by atoms with van der Waals surface area (Å²) >= 11 is 7.10. The molecule has 2 rings (SSSR count). The molecule has 2 aromatic carbocycles. The lowest BCUT2D eigenvalue weighted by molar-refractivity contribution is -0.115. The van der Waals surface area contributed by atoms with Crippen LogP contribution in [0.2, 0.25) is 5.02 Å². The second-order valence-corrected chi connectivity index (χ2v) is 6.08. The van der Waals surface area contributed by atoms with Gasteiger partial charge in [-0.3, -0.25) is 9.59 Å². The summed E-state index contributed by atoms with van der Waals surface area (Å²) in [7, 11) is 0. The van der Waals surface area contributed by atoms with Crippen molar-refractivity contribution in [2.24, 2.45) is 5.73 Å². The molecule has 0 heterocycles. The smallest absolute Gasteiger partial charge is 0.248 e. The molecular formula is C17H15ClN2O2S. The van der Waals surface area contributed by atoms with Gasteiger partial charge in [0.2, 0.25) is 11.8 Å². The molecular weight excluding hydrogens is 332 g/mol. The number of hydrogen-bond donors (Lipinski definition) is 2. The summed E-state index contributed by atoms with van der Waals surface area (Å²) in [6, 6.07) is 14.4. The first-order valence-corrected chi connectivity index (χ1v) is 8.16. The maximum Gasteiger partial charge on any atom is 0.248 e. The second-order valence-electron chi connectivity index (χ2n) is 4.63. The summed E-state index contributed by atoms with van der Waals surface area (Å²) in [5.74, 6) is -0.501. The van der Waals surface area contributed by atoms with E-state index in [9.17, 15) is 9.59 Å². The van der Waals surface area contributed by atoms with E-state index in [1.54, 1.807) is 24.3 Å². The van der Waals surface area contributed by atoms with Crippen LogP contribution < -0.4 is 11.1 Å². The number of rotatable bonds is 6. The lowest BCUT2D eigenvalue weighted by Gasteiger charge is -2.08. The molecule has 0 saturated carbocycles. The Balaban J connectivity index is 2.02. The van der Waals surface area contributed by atoms with E-state index in [1.165, 1.54) is 17.8 Å². The molecule has 0 spiro atoms. The molecule has 0 aliphatic rings. The van der Waals surface area contributed by atoms with Crippen molar-refractivity contribution in [1.29, 1.82) is 0 Å². The van der Waals surface area contributed by atoms with Crippen LogP contribution in [0, 0.1) is 0 Å². The molecule has 0 radical (unpaired) electrons. The van der Waals surface area contributed by atoms with Gasteiger partial charge in [0, 0.05) is 16.0 Å². The predicted molar refractivity (Wildman–Crippen MR) is 95.5 cm³/mol. The van der Waals surface area contributed by atoms with Gasteiger partial charge in [0.05, 0.1) is 11.4 Å². The van der Waals surface area contributed by atoms with Crippen molar-refractivity contribution >= 4 is 46.9 Å². The maximum absolute atomic E-state index is 12.0. The second kappa shape index (κ2) is 8.41. The van der Waals surface area contributed by atoms with Gasteiger partial charge in [-0.05, 0) is 35.9 Å². The minimum Gasteiger partial charge on any atom is -0.369 e. The highest BCUT2D eigenvalue weighted by molar-refractivity contribution is 8.00. The minimum atomic E-state index is -0.404. The normalized spacial score (nSPS) is 10.7. The Labute approximate surface area is 143 Å². The van der Waals surface area contributed by atoms with E-state index in [-0.39, 0.29) is 11.7 Å². The number of para-hydroxylation sites is 1. The van der Waals surface area contributed by atoms with Gasteiger partial charge in [-0.1, -0.05) is 35.9 Å². The number of carbonyl (C=O) groups excluding carboxylic acids is 2. The third-order valence-electron chi connectivity index (χ3n) is 2.81. The van der Waals surface area contributed by atoms with E-state index in [4.69, 9.17) is 17.3 Å². The van der Waals surface area contributed by atoms with Crippen molar-refractivity contribution in [3.05, 3.63) is 65.2 Å². The van der Waals surface area contributed by atoms with Crippen LogP contribution in [0.4, 0.5) is 5.69 Å². The molecule has 118 valence electrons. The van der Waals surface area contributed by atoms with E-state index >= 15 is 0 Å². The van der Waals surface area contributed by atoms with Gasteiger partial charge in [-0.25, -0.2) is 0 Å². The lowest BCUT2D eigenvalue weighted by Crippen LogP contribution is -2.13. The number of anilines is 1. The summed E-state index contributed by atoms with van der Waals surface area (Å²) < 4.78 is 0. The van der Waals surface area contributed by atoms with Crippen molar-refractivity contribution in [2.75, 3.05) is 11.1 Å². The van der Waals surface area contributed by atoms with Crippen molar-refractivity contribution in [3.8, 4) is 0 Å². The fourth-order valence-corrected chi connectivity index (χ4v) is 2.64. The fourth-order valence-electron chi connectivity index (χ4n) is 1.76. The van der Waals surface area contributed by atoms with Gasteiger partial charge in [0.1, 0.15) is 0 Å². The zero-order valence-corrected chi connectivity index (χ0v) is 13.7. The van der Waals surface area contributed by atoms with Gasteiger partial charge in [0.25, 0.3) is 0 Å². The molecule has 0 bridgehead atoms. The highest BCUT2D eigenvalue weighted by Crippen LogP contribution is 2.26. The Morgan fingerprint density at radius 2 is 1.83 bits per heavy atom. The van der Waals surface area contributed by atoms with Crippen LogP contribution in [0.15, 0.2) is 59.5 Å². The van der Waals surface area contributed by atoms with E-state index in [1.807, 2.05) is 30.3 Å². The summed E-state index contributed by atoms with van der Waals surface area (Å²) in [6.07, 6.45) is 3.14. The van der Waals surface area contributed by atoms with Crippen molar-refractivity contribution < 1.29 is 9.59 Å². The van der Waals surface area contributed by atoms with Gasteiger partial charge in [-0.2, -0.15) is 0 Å². The first-order chi connectivity index (χ1) is 11.0. The van der Waals surface area contributed by atoms with Crippen molar-refractivity contribution in [3.63, 3.8) is 0 Å². The van der Waals surface area contributed by atoms with Crippen LogP contribution in [0.1, 0.15) is 5.56 Å². The average Bonchev–Trinajstić information content (AvgIpc) is 2.53. The van der Waals surface area contributed by atoms with E-state index in [0.29, 0.717) is 10.7 Å². The van der Waals surface area contributed by atoms with Crippen LogP contribution in [-0.2, 0) is 9.59 Å². The highest BCUT2D eigenvalue weighted by Gasteiger charge is 2.06. The molecule has 0 unspecified atom stereocenters. The third-order valence-corrected chi connectivity index (χ3v) is 4.16. The number of nitrogens with one attached hydrogen (secondary N) is 1. The van der Waals surface area contributed by atoms with Crippen LogP contribution >= 0.6 is 23.4 Å². The number of nitrogens with two attached hydrogens (primary N) is 1. The van der Waals surface area contributed by atoms with Crippen LogP contribution in [0.5, 0.6) is 0 Å².